The van der Waals surface area contributed by atoms with Gasteiger partial charge in [-0.1, -0.05) is 36.8 Å². The monoisotopic (exact) mass is 182 g/mol. The van der Waals surface area contributed by atoms with E-state index in [-0.39, 0.29) is 0 Å². The quantitative estimate of drug-likeness (QED) is 0.642. The van der Waals surface area contributed by atoms with E-state index in [2.05, 4.69) is 0 Å². The fourth-order valence-electron chi connectivity index (χ4n) is 1.04. The van der Waals surface area contributed by atoms with E-state index in [9.17, 15) is 4.57 Å². The maximum absolute atomic E-state index is 11.9. The number of hydrogen-bond acceptors (Lipinski definition) is 1. The molecule has 0 heterocycles. The van der Waals surface area contributed by atoms with Crippen LogP contribution in [0.3, 0.4) is 0 Å². The van der Waals surface area contributed by atoms with Crippen LogP contribution in [0.2, 0.25) is 0 Å². The van der Waals surface area contributed by atoms with Crippen LogP contribution >= 0.6 is 7.14 Å². The molecule has 1 atom stereocenters. The van der Waals surface area contributed by atoms with Crippen LogP contribution in [-0.2, 0) is 4.57 Å². The van der Waals surface area contributed by atoms with Crippen molar-refractivity contribution in [3.63, 3.8) is 0 Å². The first-order valence-corrected chi connectivity index (χ1v) is 6.54. The minimum atomic E-state index is -2.05. The minimum Gasteiger partial charge on any atom is -0.319 e. The predicted molar refractivity (Wildman–Crippen MR) is 54.9 cm³/mol. The van der Waals surface area contributed by atoms with Gasteiger partial charge in [-0.05, 0) is 13.6 Å². The molecule has 0 spiro atoms. The summed E-state index contributed by atoms with van der Waals surface area (Å²) in [6.07, 6.45) is 0.746. The molecule has 1 aromatic rings. The molecule has 0 fully saturated rings. The van der Waals surface area contributed by atoms with Crippen molar-refractivity contribution in [1.29, 1.82) is 0 Å². The molecule has 0 N–H and O–H groups in total. The van der Waals surface area contributed by atoms with Gasteiger partial charge in [0.25, 0.3) is 0 Å². The molecule has 0 amide bonds. The van der Waals surface area contributed by atoms with Crippen molar-refractivity contribution in [2.45, 2.75) is 13.8 Å². The van der Waals surface area contributed by atoms with Crippen LogP contribution in [-0.4, -0.2) is 12.8 Å². The smallest absolute Gasteiger partial charge is 0.112 e. The molecule has 0 saturated heterocycles. The minimum absolute atomic E-state index is 0.746. The SMILES string of the molecule is CCP(C)(=O)c1ccc(C)cc1. The van der Waals surface area contributed by atoms with Gasteiger partial charge in [0.2, 0.25) is 0 Å². The van der Waals surface area contributed by atoms with Crippen molar-refractivity contribution in [2.75, 3.05) is 12.8 Å². The molecule has 0 bridgehead atoms. The first-order valence-electron chi connectivity index (χ1n) is 4.20. The third-order valence-electron chi connectivity index (χ3n) is 2.18. The summed E-state index contributed by atoms with van der Waals surface area (Å²) in [7, 11) is -2.05. The molecule has 0 aromatic heterocycles. The highest BCUT2D eigenvalue weighted by molar-refractivity contribution is 7.70. The van der Waals surface area contributed by atoms with E-state index in [0.29, 0.717) is 0 Å². The third kappa shape index (κ3) is 1.98. The van der Waals surface area contributed by atoms with Gasteiger partial charge in [-0.25, -0.2) is 0 Å². The summed E-state index contributed by atoms with van der Waals surface area (Å²) in [5.41, 5.74) is 1.22. The molecule has 12 heavy (non-hydrogen) atoms. The molecule has 1 rings (SSSR count). The molecule has 0 saturated carbocycles. The lowest BCUT2D eigenvalue weighted by Gasteiger charge is -2.10. The lowest BCUT2D eigenvalue weighted by atomic mass is 10.2. The van der Waals surface area contributed by atoms with Crippen LogP contribution in [0.25, 0.3) is 0 Å². The first-order chi connectivity index (χ1) is 5.56. The van der Waals surface area contributed by atoms with Crippen LogP contribution in [0.4, 0.5) is 0 Å². The zero-order valence-corrected chi connectivity index (χ0v) is 8.77. The van der Waals surface area contributed by atoms with Crippen molar-refractivity contribution < 1.29 is 4.57 Å². The summed E-state index contributed by atoms with van der Waals surface area (Å²) in [6, 6.07) is 7.97. The van der Waals surface area contributed by atoms with E-state index in [0.717, 1.165) is 11.5 Å². The van der Waals surface area contributed by atoms with Crippen molar-refractivity contribution in [3.05, 3.63) is 29.8 Å². The highest BCUT2D eigenvalue weighted by Crippen LogP contribution is 2.38. The zero-order chi connectivity index (χ0) is 9.19. The highest BCUT2D eigenvalue weighted by Gasteiger charge is 2.14. The van der Waals surface area contributed by atoms with Gasteiger partial charge >= 0.3 is 0 Å². The summed E-state index contributed by atoms with van der Waals surface area (Å²) in [5.74, 6) is 0. The molecule has 0 aliphatic heterocycles. The fraction of sp³-hybridized carbons (Fsp3) is 0.400. The Kier molecular flexibility index (Phi) is 2.74. The largest absolute Gasteiger partial charge is 0.319 e. The maximum Gasteiger partial charge on any atom is 0.112 e. The van der Waals surface area contributed by atoms with Crippen molar-refractivity contribution >= 4 is 12.4 Å². The Bertz CT molecular complexity index is 300. The molecule has 1 unspecified atom stereocenters. The van der Waals surface area contributed by atoms with E-state index in [1.807, 2.05) is 44.8 Å². The fourth-order valence-corrected chi connectivity index (χ4v) is 2.19. The van der Waals surface area contributed by atoms with E-state index in [4.69, 9.17) is 0 Å². The number of hydrogen-bond donors (Lipinski definition) is 0. The van der Waals surface area contributed by atoms with Crippen molar-refractivity contribution in [2.24, 2.45) is 0 Å². The molecule has 66 valence electrons. The maximum atomic E-state index is 11.9. The number of rotatable bonds is 2. The Labute approximate surface area is 74.2 Å². The molecular formula is C10H15OP. The van der Waals surface area contributed by atoms with Crippen LogP contribution < -0.4 is 5.30 Å². The molecular weight excluding hydrogens is 167 g/mol. The van der Waals surface area contributed by atoms with Gasteiger partial charge in [-0.15, -0.1) is 0 Å². The van der Waals surface area contributed by atoms with Gasteiger partial charge < -0.3 is 4.57 Å². The van der Waals surface area contributed by atoms with Gasteiger partial charge in [0.15, 0.2) is 0 Å². The molecule has 0 aliphatic carbocycles. The Balaban J connectivity index is 3.05. The second kappa shape index (κ2) is 3.45. The summed E-state index contributed by atoms with van der Waals surface area (Å²) in [4.78, 5) is 0. The molecule has 0 aliphatic rings. The third-order valence-corrected chi connectivity index (χ3v) is 4.78. The van der Waals surface area contributed by atoms with Crippen LogP contribution in [0, 0.1) is 6.92 Å². The van der Waals surface area contributed by atoms with Crippen molar-refractivity contribution in [3.8, 4) is 0 Å². The van der Waals surface area contributed by atoms with Crippen molar-refractivity contribution in [1.82, 2.24) is 0 Å². The number of benzene rings is 1. The molecule has 1 nitrogen and oxygen atoms in total. The average Bonchev–Trinajstić information content (AvgIpc) is 2.05. The summed E-state index contributed by atoms with van der Waals surface area (Å²) in [6.45, 7) is 5.86. The van der Waals surface area contributed by atoms with Gasteiger partial charge in [0.05, 0.1) is 0 Å². The average molecular weight is 182 g/mol. The molecule has 2 heteroatoms. The van der Waals surface area contributed by atoms with E-state index in [1.165, 1.54) is 5.56 Å². The summed E-state index contributed by atoms with van der Waals surface area (Å²) in [5, 5.41) is 0.996. The summed E-state index contributed by atoms with van der Waals surface area (Å²) >= 11 is 0. The Morgan fingerprint density at radius 3 is 2.17 bits per heavy atom. The van der Waals surface area contributed by atoms with Gasteiger partial charge in [0, 0.05) is 11.5 Å². The Morgan fingerprint density at radius 2 is 1.75 bits per heavy atom. The van der Waals surface area contributed by atoms with Gasteiger partial charge in [0.1, 0.15) is 7.14 Å². The second-order valence-corrected chi connectivity index (χ2v) is 6.60. The second-order valence-electron chi connectivity index (χ2n) is 3.25. The van der Waals surface area contributed by atoms with Gasteiger partial charge in [-0.3, -0.25) is 0 Å². The standard InChI is InChI=1S/C10H15OP/c1-4-12(3,11)10-7-5-9(2)6-8-10/h5-8H,4H2,1-3H3. The molecule has 1 aromatic carbocycles. The first kappa shape index (κ1) is 9.54. The van der Waals surface area contributed by atoms with Crippen LogP contribution in [0.15, 0.2) is 24.3 Å². The summed E-state index contributed by atoms with van der Waals surface area (Å²) < 4.78 is 11.9. The van der Waals surface area contributed by atoms with Gasteiger partial charge in [-0.2, -0.15) is 0 Å². The Morgan fingerprint density at radius 1 is 1.25 bits per heavy atom. The van der Waals surface area contributed by atoms with E-state index < -0.39 is 7.14 Å². The lowest BCUT2D eigenvalue weighted by molar-refractivity contribution is 0.585. The zero-order valence-electron chi connectivity index (χ0n) is 7.87. The number of aryl methyl sites for hydroxylation is 1. The lowest BCUT2D eigenvalue weighted by Crippen LogP contribution is -2.04. The molecule has 0 radical (unpaired) electrons. The van der Waals surface area contributed by atoms with E-state index in [1.54, 1.807) is 0 Å². The van der Waals surface area contributed by atoms with Crippen LogP contribution in [0.1, 0.15) is 12.5 Å². The Hall–Kier alpha value is -0.550. The topological polar surface area (TPSA) is 17.1 Å². The van der Waals surface area contributed by atoms with Crippen LogP contribution in [0.5, 0.6) is 0 Å². The normalized spacial score (nSPS) is 15.6. The van der Waals surface area contributed by atoms with E-state index >= 15 is 0 Å². The highest BCUT2D eigenvalue weighted by atomic mass is 31.2. The predicted octanol–water partition coefficient (Wildman–Crippen LogP) is 2.63.